The van der Waals surface area contributed by atoms with Gasteiger partial charge >= 0.3 is 0 Å². The van der Waals surface area contributed by atoms with Crippen LogP contribution in [0.25, 0.3) is 32.3 Å². The molecule has 0 spiro atoms. The second-order valence-electron chi connectivity index (χ2n) is 25.5. The molecule has 37 heterocycles. The highest BCUT2D eigenvalue weighted by molar-refractivity contribution is 7.98. The van der Waals surface area contributed by atoms with E-state index >= 15 is 0 Å². The van der Waals surface area contributed by atoms with Crippen LogP contribution in [0.15, 0.2) is 48.5 Å². The minimum atomic E-state index is -2.06. The van der Waals surface area contributed by atoms with Crippen molar-refractivity contribution in [2.24, 2.45) is 28.7 Å². The molecule has 0 aromatic heterocycles. The van der Waals surface area contributed by atoms with E-state index in [-0.39, 0.29) is 11.5 Å². The van der Waals surface area contributed by atoms with E-state index in [2.05, 4.69) is 0 Å². The van der Waals surface area contributed by atoms with Gasteiger partial charge in [0.25, 0.3) is 0 Å². The number of ether oxygens (including phenoxy) is 14. The van der Waals surface area contributed by atoms with Gasteiger partial charge in [-0.3, -0.25) is 0 Å². The Morgan fingerprint density at radius 2 is 0.474 bits per heavy atom. The van der Waals surface area contributed by atoms with Gasteiger partial charge in [-0.05, 0) is 43.4 Å². The summed E-state index contributed by atoms with van der Waals surface area (Å²) in [5, 5.41) is 172. The van der Waals surface area contributed by atoms with Crippen LogP contribution in [0.3, 0.4) is 0 Å². The van der Waals surface area contributed by atoms with Crippen LogP contribution < -0.4 is 28.7 Å². The number of hydrogen-bond acceptors (Lipinski definition) is 35. The highest BCUT2D eigenvalue weighted by Crippen LogP contribution is 2.42. The quantitative estimate of drug-likeness (QED) is 0.0825. The molecule has 0 amide bonds. The number of fused-ring (bicyclic) bond motifs is 1. The predicted octanol–water partition coefficient (Wildman–Crippen LogP) is -8.31. The van der Waals surface area contributed by atoms with Crippen LogP contribution in [-0.2, 0) is 77.8 Å². The molecule has 37 aliphatic rings. The van der Waals surface area contributed by atoms with Gasteiger partial charge in [-0.2, -0.15) is 23.5 Å². The number of hydrogen-bond donors (Lipinski definition) is 19. The fraction of sp³-hybridized carbons (Fsp3) is 0.733. The Balaban J connectivity index is 0.898. The van der Waals surface area contributed by atoms with Crippen molar-refractivity contribution < 1.29 is 138 Å². The van der Waals surface area contributed by atoms with Crippen molar-refractivity contribution in [3.05, 3.63) is 59.7 Å². The number of aliphatic hydroxyl groups excluding tert-OH is 14. The van der Waals surface area contributed by atoms with Crippen molar-refractivity contribution >= 4 is 55.8 Å². The summed E-state index contributed by atoms with van der Waals surface area (Å²) in [7, 11) is 0. The second kappa shape index (κ2) is 29.3. The molecule has 16 saturated heterocycles. The molecule has 0 radical (unpaired) electrons. The average molecular weight is 1390 g/mol. The first-order valence-corrected chi connectivity index (χ1v) is 34.0. The van der Waals surface area contributed by atoms with Crippen molar-refractivity contribution in [1.82, 2.24) is 0 Å². The summed E-state index contributed by atoms with van der Waals surface area (Å²) in [6.07, 6.45) is -62.5. The van der Waals surface area contributed by atoms with E-state index in [1.165, 1.54) is 23.5 Å². The van der Waals surface area contributed by atoms with E-state index in [1.807, 2.05) is 48.5 Å². The third-order valence-corrected chi connectivity index (χ3v) is 21.6. The molecule has 95 heavy (non-hydrogen) atoms. The van der Waals surface area contributed by atoms with Gasteiger partial charge in [0, 0.05) is 55.7 Å². The van der Waals surface area contributed by atoms with E-state index < -0.39 is 248 Å². The molecule has 16 fully saturated rings. The first kappa shape index (κ1) is 70.7. The van der Waals surface area contributed by atoms with Crippen LogP contribution in [0.5, 0.6) is 0 Å². The lowest BCUT2D eigenvalue weighted by molar-refractivity contribution is -0.390. The first-order chi connectivity index (χ1) is 45.6. The monoisotopic (exact) mass is 1390 g/mol. The third-order valence-electron chi connectivity index (χ3n) is 19.4. The van der Waals surface area contributed by atoms with Crippen molar-refractivity contribution in [3.63, 3.8) is 0 Å². The van der Waals surface area contributed by atoms with Crippen molar-refractivity contribution in [2.45, 2.75) is 226 Å². The van der Waals surface area contributed by atoms with Crippen LogP contribution in [0.2, 0.25) is 0 Å². The van der Waals surface area contributed by atoms with Crippen LogP contribution in [0, 0.1) is 0 Å². The Kier molecular flexibility index (Phi) is 21.8. The van der Waals surface area contributed by atoms with Gasteiger partial charge in [0.2, 0.25) is 0 Å². The minimum absolute atomic E-state index is 0.0375. The molecular formula is C60H85N5O28S2. The Morgan fingerprint density at radius 1 is 0.274 bits per heavy atom. The molecule has 4 aromatic carbocycles. The van der Waals surface area contributed by atoms with E-state index in [4.69, 9.17) is 95.0 Å². The van der Waals surface area contributed by atoms with Crippen LogP contribution in [0.4, 0.5) is 0 Å². The average Bonchev–Trinajstić information content (AvgIpc) is 0.756. The van der Waals surface area contributed by atoms with Crippen LogP contribution in [0.1, 0.15) is 11.1 Å². The van der Waals surface area contributed by atoms with Gasteiger partial charge in [0.1, 0.15) is 159 Å². The number of thioether (sulfide) groups is 2. The Labute approximate surface area is 550 Å². The zero-order chi connectivity index (χ0) is 67.2. The maximum atomic E-state index is 12.2. The van der Waals surface area contributed by atoms with Crippen molar-refractivity contribution in [3.8, 4) is 0 Å². The lowest BCUT2D eigenvalue weighted by Crippen LogP contribution is -2.68. The van der Waals surface area contributed by atoms with Crippen molar-refractivity contribution in [2.75, 3.05) is 44.2 Å². The summed E-state index contributed by atoms with van der Waals surface area (Å²) in [6, 6.07) is 16.2. The third kappa shape index (κ3) is 13.4. The molecule has 4 aromatic rings. The van der Waals surface area contributed by atoms with Crippen molar-refractivity contribution in [1.29, 1.82) is 0 Å². The zero-order valence-corrected chi connectivity index (χ0v) is 52.5. The smallest absolute Gasteiger partial charge is 0.187 e. The SMILES string of the molecule is NCC1O[C@@H]2O[C@@H]3C(CN)O[C@H](O[C@@H]4C5CSCc6cc7ccc8cc(cc9ccc(c6)c7c89)CSCC6O[C@H](O[C@@H]7C(CN)O[C@H](O[C@H]1C(O)C2O)C(O)C7O)C(O)C(O)[C@@H]6O[C@H]1OC(CN)[C@@H](O[C@H]2OC(CN)[C@@H](O[C@@H](O5)C(O)C4O)C(O)C2O)C(O)C1O)C(O)C3O. The molecule has 33 nitrogen and oxygen atoms in total. The van der Waals surface area contributed by atoms with E-state index in [0.717, 1.165) is 43.4 Å². The summed E-state index contributed by atoms with van der Waals surface area (Å²) >= 11 is 2.65. The summed E-state index contributed by atoms with van der Waals surface area (Å²) in [5.74, 6) is 0.589. The fourth-order valence-electron chi connectivity index (χ4n) is 14.3. The number of nitrogens with two attached hydrogens (primary N) is 5. The van der Waals surface area contributed by atoms with E-state index in [1.54, 1.807) is 0 Å². The van der Waals surface area contributed by atoms with Gasteiger partial charge in [0.05, 0.1) is 12.2 Å². The topological polar surface area (TPSA) is 543 Å². The molecule has 37 aliphatic heterocycles. The molecule has 21 unspecified atom stereocenters. The van der Waals surface area contributed by atoms with E-state index in [9.17, 15) is 71.5 Å². The molecular weight excluding hydrogens is 1300 g/mol. The number of benzene rings is 4. The lowest BCUT2D eigenvalue weighted by atomic mass is 9.92. The Morgan fingerprint density at radius 3 is 0.695 bits per heavy atom. The molecule has 41 rings (SSSR count). The Bertz CT molecular complexity index is 3140. The standard InChI is InChI=1S/C60H85N5O28S2/c61-9-24-47-33(66)40(73)54(80-24)88-48-25(10-62)83-57(43(76)36(48)69)92-52-29-16-94-14-18-5-20-1-3-22-7-19(8-23-4-2-21(6-18)31(20)32(22)23)15-95-17-30-53(38(71)45(78)59(85-30)90-50-27(12-64)81-55(87-47)41(74)34(50)67)93-58-44(77)37(70)49(26(11-63)84-58)89-56-42(75)35(68)51(28(13-65)82-56)91-60(86-29)46(79)39(52)72/h1-8,24-30,33-60,66-79H,9-17,61-65H2/t24?,25?,26?,27?,28?,29?,30?,33?,34?,35?,36?,37?,38?,39?,40?,41?,42?,43?,44?,45?,46?,47-,48-,49-,50-,51-,52-,53-,54-,55-,56-,57-,58-,59-,60-/m1/s1. The minimum Gasteiger partial charge on any atom is -0.387 e. The van der Waals surface area contributed by atoms with Crippen LogP contribution in [-0.4, -0.2) is 331 Å². The predicted molar refractivity (Wildman–Crippen MR) is 327 cm³/mol. The summed E-state index contributed by atoms with van der Waals surface area (Å²) < 4.78 is 86.7. The van der Waals surface area contributed by atoms with Gasteiger partial charge in [-0.25, -0.2) is 0 Å². The summed E-state index contributed by atoms with van der Waals surface area (Å²) in [5.41, 5.74) is 32.8. The molecule has 35 heteroatoms. The molecule has 24 N–H and O–H groups in total. The van der Waals surface area contributed by atoms with Gasteiger partial charge in [-0.1, -0.05) is 48.5 Å². The zero-order valence-electron chi connectivity index (χ0n) is 50.9. The molecule has 0 aliphatic carbocycles. The van der Waals surface area contributed by atoms with Gasteiger partial charge in [0.15, 0.2) is 44.0 Å². The number of aliphatic hydroxyl groups is 14. The highest BCUT2D eigenvalue weighted by atomic mass is 32.2. The normalized spacial score (nSPS) is 48.3. The Hall–Kier alpha value is -2.70. The largest absolute Gasteiger partial charge is 0.387 e. The maximum absolute atomic E-state index is 12.2. The second-order valence-corrected chi connectivity index (χ2v) is 27.6. The molecule has 530 valence electrons. The molecule has 35 atom stereocenters. The maximum Gasteiger partial charge on any atom is 0.187 e. The van der Waals surface area contributed by atoms with Gasteiger partial charge < -0.3 is 166 Å². The summed E-state index contributed by atoms with van der Waals surface area (Å²) in [6.45, 7) is -2.29. The lowest BCUT2D eigenvalue weighted by Gasteiger charge is -2.50. The fourth-order valence-corrected chi connectivity index (χ4v) is 16.4. The molecule has 24 bridgehead atoms. The highest BCUT2D eigenvalue weighted by Gasteiger charge is 2.59. The molecule has 0 saturated carbocycles. The van der Waals surface area contributed by atoms with Gasteiger partial charge in [-0.15, -0.1) is 0 Å². The van der Waals surface area contributed by atoms with Crippen LogP contribution >= 0.6 is 23.5 Å². The van der Waals surface area contributed by atoms with E-state index in [0.29, 0.717) is 11.5 Å². The summed E-state index contributed by atoms with van der Waals surface area (Å²) in [4.78, 5) is 0. The first-order valence-electron chi connectivity index (χ1n) is 31.7. The number of rotatable bonds is 5.